The number of rotatable bonds is 3. The number of hydrogen-bond acceptors (Lipinski definition) is 4. The van der Waals surface area contributed by atoms with Gasteiger partial charge in [-0.2, -0.15) is 0 Å². The van der Waals surface area contributed by atoms with Crippen molar-refractivity contribution in [2.75, 3.05) is 0 Å². The third kappa shape index (κ3) is 11.1. The minimum atomic E-state index is -0.461. The molecule has 2 atom stereocenters. The van der Waals surface area contributed by atoms with Crippen LogP contribution in [0.25, 0.3) is 0 Å². The Balaban J connectivity index is -0.000000354. The van der Waals surface area contributed by atoms with Crippen molar-refractivity contribution in [2.24, 2.45) is 16.2 Å². The number of aliphatic hydroxyl groups excluding tert-OH is 3. The number of carbonyl (C=O) groups excluding carboxylic acids is 1. The Bertz CT molecular complexity index is 373. The van der Waals surface area contributed by atoms with Crippen molar-refractivity contribution in [1.29, 1.82) is 0 Å². The van der Waals surface area contributed by atoms with Crippen molar-refractivity contribution < 1.29 is 41.8 Å². The summed E-state index contributed by atoms with van der Waals surface area (Å²) >= 11 is 0. The molecular weight excluding hydrogens is 328 g/mol. The molecule has 0 spiro atoms. The van der Waals surface area contributed by atoms with Gasteiger partial charge in [0.2, 0.25) is 0 Å². The van der Waals surface area contributed by atoms with Crippen LogP contribution < -0.4 is 0 Å². The van der Waals surface area contributed by atoms with Gasteiger partial charge in [0.15, 0.2) is 5.78 Å². The van der Waals surface area contributed by atoms with E-state index in [9.17, 15) is 9.90 Å². The summed E-state index contributed by atoms with van der Waals surface area (Å²) in [5.41, 5.74) is -1.15. The van der Waals surface area contributed by atoms with Crippen LogP contribution in [0.2, 0.25) is 0 Å². The van der Waals surface area contributed by atoms with Gasteiger partial charge in [-0.05, 0) is 13.8 Å². The van der Waals surface area contributed by atoms with E-state index in [1.807, 2.05) is 55.4 Å². The molecule has 0 aromatic carbocycles. The van der Waals surface area contributed by atoms with Gasteiger partial charge in [0.1, 0.15) is 5.76 Å². The molecule has 0 aliphatic heterocycles. The molecule has 0 bridgehead atoms. The largest absolute Gasteiger partial charge is 0.512 e. The van der Waals surface area contributed by atoms with Crippen LogP contribution in [-0.2, 0) is 26.5 Å². The molecule has 0 aliphatic rings. The molecule has 2 unspecified atom stereocenters. The van der Waals surface area contributed by atoms with E-state index in [2.05, 4.69) is 0 Å². The quantitative estimate of drug-likeness (QED) is 0.404. The third-order valence-electron chi connectivity index (χ3n) is 3.93. The zero-order valence-electron chi connectivity index (χ0n) is 16.5. The van der Waals surface area contributed by atoms with Gasteiger partial charge in [-0.1, -0.05) is 55.4 Å². The SMILES string of the molecule is CC(C)(C)C(=O)/C=C(\O)C(C)(C)C.CC(O)C(C)(C)C(C)O.[Ti]. The first-order valence-electron chi connectivity index (χ1n) is 7.75. The van der Waals surface area contributed by atoms with Gasteiger partial charge < -0.3 is 15.3 Å². The summed E-state index contributed by atoms with van der Waals surface area (Å²) in [5.74, 6) is 0.104. The van der Waals surface area contributed by atoms with Crippen LogP contribution in [0.1, 0.15) is 69.2 Å². The van der Waals surface area contributed by atoms with E-state index in [1.165, 1.54) is 6.08 Å². The number of allylic oxidation sites excluding steroid dienone is 2. The van der Waals surface area contributed by atoms with Gasteiger partial charge in [0.25, 0.3) is 0 Å². The van der Waals surface area contributed by atoms with Crippen LogP contribution in [0.15, 0.2) is 11.8 Å². The maximum atomic E-state index is 11.5. The maximum absolute atomic E-state index is 11.5. The van der Waals surface area contributed by atoms with Gasteiger partial charge in [-0.3, -0.25) is 4.79 Å². The van der Waals surface area contributed by atoms with Crippen LogP contribution >= 0.6 is 0 Å². The molecular formula is C18H36O4Ti. The molecule has 0 aromatic heterocycles. The summed E-state index contributed by atoms with van der Waals surface area (Å²) in [4.78, 5) is 11.5. The van der Waals surface area contributed by atoms with E-state index >= 15 is 0 Å². The van der Waals surface area contributed by atoms with E-state index in [0.29, 0.717) is 0 Å². The van der Waals surface area contributed by atoms with E-state index in [4.69, 9.17) is 10.2 Å². The molecule has 0 saturated carbocycles. The predicted octanol–water partition coefficient (Wildman–Crippen LogP) is 3.86. The van der Waals surface area contributed by atoms with Gasteiger partial charge in [-0.25, -0.2) is 0 Å². The third-order valence-corrected chi connectivity index (χ3v) is 3.93. The average molecular weight is 364 g/mol. The Morgan fingerprint density at radius 1 is 0.826 bits per heavy atom. The molecule has 0 heterocycles. The van der Waals surface area contributed by atoms with Crippen molar-refractivity contribution >= 4 is 5.78 Å². The second-order valence-corrected chi connectivity index (χ2v) is 8.57. The first-order chi connectivity index (χ1) is 9.44. The molecule has 136 valence electrons. The molecule has 23 heavy (non-hydrogen) atoms. The Morgan fingerprint density at radius 2 is 1.13 bits per heavy atom. The first kappa shape index (κ1) is 27.7. The number of hydrogen-bond donors (Lipinski definition) is 3. The molecule has 0 radical (unpaired) electrons. The van der Waals surface area contributed by atoms with Crippen LogP contribution in [0.5, 0.6) is 0 Å². The standard InChI is InChI=1S/C11H20O2.C7H16O2.Ti/c1-10(2,3)8(12)7-9(13)11(4,5)6;1-5(8)7(3,4)6(2)9;/h7,12H,1-6H3;5-6,8-9H,1-4H3;/b8-7-;;. The van der Waals surface area contributed by atoms with Crippen LogP contribution in [0.3, 0.4) is 0 Å². The second-order valence-electron chi connectivity index (χ2n) is 8.57. The second kappa shape index (κ2) is 9.98. The van der Waals surface area contributed by atoms with Crippen molar-refractivity contribution in [2.45, 2.75) is 81.4 Å². The van der Waals surface area contributed by atoms with Crippen LogP contribution in [-0.4, -0.2) is 33.3 Å². The minimum absolute atomic E-state index is 0. The van der Waals surface area contributed by atoms with E-state index in [-0.39, 0.29) is 44.1 Å². The van der Waals surface area contributed by atoms with Gasteiger partial charge >= 0.3 is 0 Å². The molecule has 0 rings (SSSR count). The molecule has 0 aromatic rings. The summed E-state index contributed by atoms with van der Waals surface area (Å²) in [6.07, 6.45) is 0.412. The molecule has 3 N–H and O–H groups in total. The van der Waals surface area contributed by atoms with Crippen LogP contribution in [0, 0.1) is 16.2 Å². The fraction of sp³-hybridized carbons (Fsp3) is 0.833. The summed E-state index contributed by atoms with van der Waals surface area (Å²) in [6.45, 7) is 18.2. The minimum Gasteiger partial charge on any atom is -0.512 e. The van der Waals surface area contributed by atoms with Crippen molar-refractivity contribution in [1.82, 2.24) is 0 Å². The van der Waals surface area contributed by atoms with Gasteiger partial charge in [-0.15, -0.1) is 0 Å². The molecule has 0 aliphatic carbocycles. The summed E-state index contributed by atoms with van der Waals surface area (Å²) in [6, 6.07) is 0. The van der Waals surface area contributed by atoms with E-state index in [1.54, 1.807) is 13.8 Å². The predicted molar refractivity (Wildman–Crippen MR) is 91.8 cm³/mol. The van der Waals surface area contributed by atoms with Crippen LogP contribution in [0.4, 0.5) is 0 Å². The summed E-state index contributed by atoms with van der Waals surface area (Å²) < 4.78 is 0. The average Bonchev–Trinajstić information content (AvgIpc) is 2.26. The Hall–Kier alpha value is -0.156. The molecule has 5 heteroatoms. The van der Waals surface area contributed by atoms with Crippen molar-refractivity contribution in [3.05, 3.63) is 11.8 Å². The fourth-order valence-electron chi connectivity index (χ4n) is 0.906. The van der Waals surface area contributed by atoms with Crippen molar-refractivity contribution in [3.8, 4) is 0 Å². The Labute approximate surface area is 157 Å². The topological polar surface area (TPSA) is 77.8 Å². The Morgan fingerprint density at radius 3 is 1.26 bits per heavy atom. The zero-order valence-corrected chi connectivity index (χ0v) is 18.0. The fourth-order valence-corrected chi connectivity index (χ4v) is 0.906. The van der Waals surface area contributed by atoms with Crippen molar-refractivity contribution in [3.63, 3.8) is 0 Å². The number of aliphatic hydroxyl groups is 3. The number of ketones is 1. The van der Waals surface area contributed by atoms with E-state index < -0.39 is 17.6 Å². The first-order valence-corrected chi connectivity index (χ1v) is 7.75. The molecule has 4 nitrogen and oxygen atoms in total. The zero-order chi connectivity index (χ0) is 18.5. The maximum Gasteiger partial charge on any atom is 0.164 e. The molecule has 0 saturated heterocycles. The molecule has 0 fully saturated rings. The monoisotopic (exact) mass is 364 g/mol. The normalized spacial score (nSPS) is 15.7. The Kier molecular flexibility index (Phi) is 12.0. The molecule has 0 amide bonds. The summed E-state index contributed by atoms with van der Waals surface area (Å²) in [5, 5.41) is 27.7. The van der Waals surface area contributed by atoms with Gasteiger partial charge in [0, 0.05) is 44.0 Å². The number of carbonyl (C=O) groups is 1. The smallest absolute Gasteiger partial charge is 0.164 e. The van der Waals surface area contributed by atoms with E-state index in [0.717, 1.165) is 0 Å². The summed E-state index contributed by atoms with van der Waals surface area (Å²) in [7, 11) is 0. The van der Waals surface area contributed by atoms with Gasteiger partial charge in [0.05, 0.1) is 12.2 Å².